The SMILES string of the molecule is COc1cc(C(=O)O)ccc1[O-]. The van der Waals surface area contributed by atoms with Crippen molar-refractivity contribution in [3.05, 3.63) is 23.8 Å². The van der Waals surface area contributed by atoms with E-state index in [0.717, 1.165) is 0 Å². The lowest BCUT2D eigenvalue weighted by Gasteiger charge is -2.11. The van der Waals surface area contributed by atoms with E-state index >= 15 is 0 Å². The normalized spacial score (nSPS) is 9.42. The van der Waals surface area contributed by atoms with Crippen LogP contribution >= 0.6 is 0 Å². The fourth-order valence-electron chi connectivity index (χ4n) is 0.801. The first kappa shape index (κ1) is 8.39. The molecule has 1 rings (SSSR count). The van der Waals surface area contributed by atoms with Gasteiger partial charge in [0.1, 0.15) is 5.75 Å². The molecule has 0 aromatic heterocycles. The van der Waals surface area contributed by atoms with Crippen molar-refractivity contribution in [1.82, 2.24) is 0 Å². The molecule has 0 bridgehead atoms. The first-order valence-electron chi connectivity index (χ1n) is 3.23. The van der Waals surface area contributed by atoms with E-state index in [-0.39, 0.29) is 17.1 Å². The zero-order chi connectivity index (χ0) is 9.14. The zero-order valence-electron chi connectivity index (χ0n) is 6.40. The molecule has 0 atom stereocenters. The van der Waals surface area contributed by atoms with Crippen LogP contribution in [0, 0.1) is 0 Å². The molecule has 0 heterocycles. The predicted octanol–water partition coefficient (Wildman–Crippen LogP) is 0.467. The van der Waals surface area contributed by atoms with Gasteiger partial charge in [0.15, 0.2) is 0 Å². The van der Waals surface area contributed by atoms with Gasteiger partial charge in [-0.1, -0.05) is 11.8 Å². The fourth-order valence-corrected chi connectivity index (χ4v) is 0.801. The summed E-state index contributed by atoms with van der Waals surface area (Å²) in [5.74, 6) is -1.34. The fraction of sp³-hybridized carbons (Fsp3) is 0.125. The second kappa shape index (κ2) is 3.13. The van der Waals surface area contributed by atoms with Crippen molar-refractivity contribution >= 4 is 5.97 Å². The van der Waals surface area contributed by atoms with Crippen molar-refractivity contribution in [2.45, 2.75) is 0 Å². The van der Waals surface area contributed by atoms with Crippen LogP contribution in [-0.4, -0.2) is 18.2 Å². The highest BCUT2D eigenvalue weighted by Crippen LogP contribution is 2.23. The minimum absolute atomic E-state index is 0.0476. The van der Waals surface area contributed by atoms with E-state index < -0.39 is 5.97 Å². The van der Waals surface area contributed by atoms with E-state index in [1.807, 2.05) is 0 Å². The topological polar surface area (TPSA) is 69.6 Å². The summed E-state index contributed by atoms with van der Waals surface area (Å²) >= 11 is 0. The number of carboxylic acids is 1. The van der Waals surface area contributed by atoms with Crippen LogP contribution in [0.2, 0.25) is 0 Å². The van der Waals surface area contributed by atoms with Crippen molar-refractivity contribution in [3.63, 3.8) is 0 Å². The molecule has 0 aliphatic heterocycles. The Morgan fingerprint density at radius 2 is 2.25 bits per heavy atom. The molecule has 0 unspecified atom stereocenters. The number of benzene rings is 1. The average molecular weight is 167 g/mol. The third-order valence-electron chi connectivity index (χ3n) is 1.41. The van der Waals surface area contributed by atoms with Crippen LogP contribution in [0.3, 0.4) is 0 Å². The monoisotopic (exact) mass is 167 g/mol. The van der Waals surface area contributed by atoms with Crippen molar-refractivity contribution in [2.24, 2.45) is 0 Å². The Balaban J connectivity index is 3.13. The summed E-state index contributed by atoms with van der Waals surface area (Å²) in [6.07, 6.45) is 0. The van der Waals surface area contributed by atoms with Gasteiger partial charge in [0, 0.05) is 0 Å². The molecule has 1 N–H and O–H groups in total. The molecule has 0 spiro atoms. The molecule has 12 heavy (non-hydrogen) atoms. The lowest BCUT2D eigenvalue weighted by molar-refractivity contribution is -0.270. The highest BCUT2D eigenvalue weighted by atomic mass is 16.5. The summed E-state index contributed by atoms with van der Waals surface area (Å²) in [7, 11) is 1.32. The molecule has 4 heteroatoms. The molecule has 64 valence electrons. The number of ether oxygens (including phenoxy) is 1. The maximum absolute atomic E-state index is 10.9. The lowest BCUT2D eigenvalue weighted by atomic mass is 10.2. The summed E-state index contributed by atoms with van der Waals surface area (Å²) in [6.45, 7) is 0. The Labute approximate surface area is 69.0 Å². The minimum Gasteiger partial charge on any atom is -0.870 e. The largest absolute Gasteiger partial charge is 0.870 e. The number of aromatic carboxylic acids is 1. The van der Waals surface area contributed by atoms with Gasteiger partial charge >= 0.3 is 5.97 Å². The van der Waals surface area contributed by atoms with E-state index in [1.54, 1.807) is 0 Å². The molecular weight excluding hydrogens is 160 g/mol. The second-order valence-electron chi connectivity index (χ2n) is 2.17. The number of carbonyl (C=O) groups is 1. The molecule has 0 amide bonds. The van der Waals surface area contributed by atoms with Crippen molar-refractivity contribution in [2.75, 3.05) is 7.11 Å². The zero-order valence-corrected chi connectivity index (χ0v) is 6.40. The maximum Gasteiger partial charge on any atom is 0.335 e. The quantitative estimate of drug-likeness (QED) is 0.694. The minimum atomic E-state index is -1.08. The Hall–Kier alpha value is -1.71. The number of methoxy groups -OCH3 is 1. The number of rotatable bonds is 2. The number of hydrogen-bond donors (Lipinski definition) is 1. The van der Waals surface area contributed by atoms with Gasteiger partial charge in [0.2, 0.25) is 0 Å². The van der Waals surface area contributed by atoms with E-state index in [0.29, 0.717) is 0 Å². The molecule has 0 saturated carbocycles. The van der Waals surface area contributed by atoms with Crippen LogP contribution in [0.5, 0.6) is 11.5 Å². The van der Waals surface area contributed by atoms with Gasteiger partial charge in [0.25, 0.3) is 0 Å². The summed E-state index contributed by atoms with van der Waals surface area (Å²) in [5.41, 5.74) is 0.0476. The summed E-state index contributed by atoms with van der Waals surface area (Å²) < 4.78 is 4.66. The van der Waals surface area contributed by atoms with Crippen LogP contribution in [0.1, 0.15) is 10.4 Å². The highest BCUT2D eigenvalue weighted by Gasteiger charge is 2.03. The van der Waals surface area contributed by atoms with Crippen LogP contribution in [0.25, 0.3) is 0 Å². The van der Waals surface area contributed by atoms with Crippen LogP contribution in [-0.2, 0) is 0 Å². The second-order valence-corrected chi connectivity index (χ2v) is 2.17. The molecule has 0 radical (unpaired) electrons. The van der Waals surface area contributed by atoms with Crippen LogP contribution < -0.4 is 9.84 Å². The molecule has 0 aliphatic rings. The van der Waals surface area contributed by atoms with Crippen LogP contribution in [0.4, 0.5) is 0 Å². The van der Waals surface area contributed by atoms with Gasteiger partial charge in [-0.05, 0) is 12.1 Å². The number of hydrogen-bond acceptors (Lipinski definition) is 3. The Morgan fingerprint density at radius 3 is 2.75 bits per heavy atom. The maximum atomic E-state index is 10.9. The summed E-state index contributed by atoms with van der Waals surface area (Å²) in [6, 6.07) is 3.61. The van der Waals surface area contributed by atoms with Gasteiger partial charge in [-0.2, -0.15) is 0 Å². The molecule has 4 nitrogen and oxygen atoms in total. The van der Waals surface area contributed by atoms with E-state index in [2.05, 4.69) is 4.74 Å². The Bertz CT molecular complexity index is 306. The van der Waals surface area contributed by atoms with Gasteiger partial charge in [-0.15, -0.1) is 0 Å². The van der Waals surface area contributed by atoms with Crippen molar-refractivity contribution in [3.8, 4) is 11.5 Å². The highest BCUT2D eigenvalue weighted by molar-refractivity contribution is 5.88. The van der Waals surface area contributed by atoms with E-state index in [4.69, 9.17) is 5.11 Å². The average Bonchev–Trinajstić information content (AvgIpc) is 2.05. The summed E-state index contributed by atoms with van der Waals surface area (Å²) in [4.78, 5) is 10.4. The van der Waals surface area contributed by atoms with Gasteiger partial charge in [-0.3, -0.25) is 0 Å². The third-order valence-corrected chi connectivity index (χ3v) is 1.41. The molecule has 1 aromatic rings. The third kappa shape index (κ3) is 1.47. The lowest BCUT2D eigenvalue weighted by Crippen LogP contribution is -2.00. The Morgan fingerprint density at radius 1 is 1.58 bits per heavy atom. The molecular formula is C8H7O4-. The molecule has 0 saturated heterocycles. The summed E-state index contributed by atoms with van der Waals surface area (Å²) in [5, 5.41) is 19.4. The first-order valence-corrected chi connectivity index (χ1v) is 3.23. The van der Waals surface area contributed by atoms with Gasteiger partial charge < -0.3 is 14.9 Å². The van der Waals surface area contributed by atoms with Crippen molar-refractivity contribution in [1.29, 1.82) is 0 Å². The van der Waals surface area contributed by atoms with Crippen LogP contribution in [0.15, 0.2) is 18.2 Å². The molecule has 0 aliphatic carbocycles. The van der Waals surface area contributed by atoms with E-state index in [9.17, 15) is 9.90 Å². The van der Waals surface area contributed by atoms with Crippen molar-refractivity contribution < 1.29 is 19.7 Å². The predicted molar refractivity (Wildman–Crippen MR) is 39.4 cm³/mol. The van der Waals surface area contributed by atoms with Gasteiger partial charge in [-0.25, -0.2) is 4.79 Å². The smallest absolute Gasteiger partial charge is 0.335 e. The standard InChI is InChI=1S/C8H8O4/c1-12-7-4-5(8(10)11)2-3-6(7)9/h2-4,9H,1H3,(H,10,11)/p-1. The van der Waals surface area contributed by atoms with E-state index in [1.165, 1.54) is 25.3 Å². The molecule has 0 fully saturated rings. The van der Waals surface area contributed by atoms with Gasteiger partial charge in [0.05, 0.1) is 12.7 Å². The number of carboxylic acid groups (broad SMARTS) is 1. The first-order chi connectivity index (χ1) is 5.65. The molecule has 1 aromatic carbocycles. The Kier molecular flexibility index (Phi) is 2.19.